The number of rotatable bonds is 5. The van der Waals surface area contributed by atoms with Gasteiger partial charge in [0.2, 0.25) is 0 Å². The van der Waals surface area contributed by atoms with Gasteiger partial charge in [0, 0.05) is 24.5 Å². The van der Waals surface area contributed by atoms with Crippen molar-refractivity contribution in [2.45, 2.75) is 38.5 Å². The van der Waals surface area contributed by atoms with Gasteiger partial charge in [-0.25, -0.2) is 0 Å². The van der Waals surface area contributed by atoms with Gasteiger partial charge >= 0.3 is 5.97 Å². The van der Waals surface area contributed by atoms with E-state index in [9.17, 15) is 9.59 Å². The van der Waals surface area contributed by atoms with Crippen LogP contribution in [0.15, 0.2) is 24.5 Å². The third-order valence-corrected chi connectivity index (χ3v) is 4.01. The highest BCUT2D eigenvalue weighted by Crippen LogP contribution is 2.38. The van der Waals surface area contributed by atoms with Crippen LogP contribution in [-0.4, -0.2) is 28.5 Å². The van der Waals surface area contributed by atoms with Crippen molar-refractivity contribution in [1.82, 2.24) is 10.3 Å². The second-order valence-corrected chi connectivity index (χ2v) is 5.55. The van der Waals surface area contributed by atoms with E-state index in [-0.39, 0.29) is 17.7 Å². The second-order valence-electron chi connectivity index (χ2n) is 5.55. The lowest BCUT2D eigenvalue weighted by molar-refractivity contribution is -0.140. The minimum Gasteiger partial charge on any atom is -0.481 e. The highest BCUT2D eigenvalue weighted by Gasteiger charge is 2.34. The standard InChI is InChI=1S/C15H20N2O3/c18-13(19)10-15(6-2-1-3-7-15)11-17-14(20)12-4-8-16-9-5-12/h4-5,8-9H,1-3,6-7,10-11H2,(H,17,20)(H,18,19). The van der Waals surface area contributed by atoms with Crippen LogP contribution < -0.4 is 5.32 Å². The fourth-order valence-corrected chi connectivity index (χ4v) is 2.91. The average Bonchev–Trinajstić information content (AvgIpc) is 2.46. The summed E-state index contributed by atoms with van der Waals surface area (Å²) in [6, 6.07) is 3.31. The number of carbonyl (C=O) groups is 2. The first kappa shape index (κ1) is 14.5. The number of carbonyl (C=O) groups excluding carboxylic acids is 1. The molecular weight excluding hydrogens is 256 g/mol. The van der Waals surface area contributed by atoms with Crippen molar-refractivity contribution in [1.29, 1.82) is 0 Å². The Bertz CT molecular complexity index is 467. The quantitative estimate of drug-likeness (QED) is 0.864. The maximum absolute atomic E-state index is 12.0. The summed E-state index contributed by atoms with van der Waals surface area (Å²) in [5.41, 5.74) is 0.272. The number of hydrogen-bond donors (Lipinski definition) is 2. The van der Waals surface area contributed by atoms with Gasteiger partial charge in [-0.15, -0.1) is 0 Å². The first-order valence-electron chi connectivity index (χ1n) is 7.01. The molecule has 0 saturated heterocycles. The number of hydrogen-bond acceptors (Lipinski definition) is 3. The van der Waals surface area contributed by atoms with Gasteiger partial charge in [-0.1, -0.05) is 19.3 Å². The van der Waals surface area contributed by atoms with Gasteiger partial charge < -0.3 is 10.4 Å². The van der Waals surface area contributed by atoms with Crippen LogP contribution in [-0.2, 0) is 4.79 Å². The third-order valence-electron chi connectivity index (χ3n) is 4.01. The number of carboxylic acids is 1. The molecule has 1 heterocycles. The van der Waals surface area contributed by atoms with Crippen molar-refractivity contribution in [3.63, 3.8) is 0 Å². The lowest BCUT2D eigenvalue weighted by atomic mass is 9.71. The summed E-state index contributed by atoms with van der Waals surface area (Å²) in [6.45, 7) is 0.431. The molecule has 0 unspecified atom stereocenters. The van der Waals surface area contributed by atoms with Crippen LogP contribution in [0.1, 0.15) is 48.9 Å². The predicted octanol–water partition coefficient (Wildman–Crippen LogP) is 2.24. The van der Waals surface area contributed by atoms with Gasteiger partial charge in [0.1, 0.15) is 0 Å². The van der Waals surface area contributed by atoms with E-state index in [2.05, 4.69) is 10.3 Å². The summed E-state index contributed by atoms with van der Waals surface area (Å²) in [5.74, 6) is -0.951. The number of nitrogens with one attached hydrogen (secondary N) is 1. The van der Waals surface area contributed by atoms with E-state index in [1.807, 2.05) is 0 Å². The molecule has 1 saturated carbocycles. The lowest BCUT2D eigenvalue weighted by Crippen LogP contribution is -2.40. The van der Waals surface area contributed by atoms with Crippen molar-refractivity contribution >= 4 is 11.9 Å². The van der Waals surface area contributed by atoms with E-state index >= 15 is 0 Å². The van der Waals surface area contributed by atoms with Crippen molar-refractivity contribution in [3.8, 4) is 0 Å². The summed E-state index contributed by atoms with van der Waals surface area (Å²) in [5, 5.41) is 12.0. The summed E-state index contributed by atoms with van der Waals surface area (Å²) < 4.78 is 0. The van der Waals surface area contributed by atoms with Crippen LogP contribution >= 0.6 is 0 Å². The Morgan fingerprint density at radius 2 is 1.85 bits per heavy atom. The van der Waals surface area contributed by atoms with Crippen LogP contribution in [0.4, 0.5) is 0 Å². The molecule has 2 rings (SSSR count). The Hall–Kier alpha value is -1.91. The SMILES string of the molecule is O=C(O)CC1(CNC(=O)c2ccncc2)CCCCC1. The van der Waals surface area contributed by atoms with E-state index in [0.717, 1.165) is 32.1 Å². The highest BCUT2D eigenvalue weighted by atomic mass is 16.4. The smallest absolute Gasteiger partial charge is 0.303 e. The largest absolute Gasteiger partial charge is 0.481 e. The second kappa shape index (κ2) is 6.50. The number of aromatic nitrogens is 1. The Morgan fingerprint density at radius 1 is 1.20 bits per heavy atom. The summed E-state index contributed by atoms with van der Waals surface area (Å²) >= 11 is 0. The number of pyridine rings is 1. The van der Waals surface area contributed by atoms with E-state index in [1.54, 1.807) is 24.5 Å². The van der Waals surface area contributed by atoms with Crippen molar-refractivity contribution in [3.05, 3.63) is 30.1 Å². The fourth-order valence-electron chi connectivity index (χ4n) is 2.91. The Labute approximate surface area is 118 Å². The predicted molar refractivity (Wildman–Crippen MR) is 74.3 cm³/mol. The van der Waals surface area contributed by atoms with Crippen LogP contribution in [0, 0.1) is 5.41 Å². The van der Waals surface area contributed by atoms with Crippen LogP contribution in [0.3, 0.4) is 0 Å². The Morgan fingerprint density at radius 3 is 2.45 bits per heavy atom. The van der Waals surface area contributed by atoms with Crippen molar-refractivity contribution in [2.75, 3.05) is 6.54 Å². The van der Waals surface area contributed by atoms with Gasteiger partial charge in [-0.05, 0) is 30.4 Å². The zero-order valence-electron chi connectivity index (χ0n) is 11.5. The van der Waals surface area contributed by atoms with Gasteiger partial charge in [0.15, 0.2) is 0 Å². The molecule has 0 aromatic carbocycles. The topological polar surface area (TPSA) is 79.3 Å². The Balaban J connectivity index is 1.98. The van der Waals surface area contributed by atoms with Crippen molar-refractivity contribution in [2.24, 2.45) is 5.41 Å². The van der Waals surface area contributed by atoms with Crippen LogP contribution in [0.5, 0.6) is 0 Å². The molecule has 108 valence electrons. The summed E-state index contributed by atoms with van der Waals surface area (Å²) in [7, 11) is 0. The molecule has 1 aromatic heterocycles. The molecule has 1 aromatic rings. The van der Waals surface area contributed by atoms with Crippen LogP contribution in [0.2, 0.25) is 0 Å². The normalized spacial score (nSPS) is 17.4. The monoisotopic (exact) mass is 276 g/mol. The molecular formula is C15H20N2O3. The molecule has 1 aliphatic rings. The molecule has 1 amide bonds. The lowest BCUT2D eigenvalue weighted by Gasteiger charge is -2.36. The van der Waals surface area contributed by atoms with E-state index in [0.29, 0.717) is 12.1 Å². The molecule has 1 aliphatic carbocycles. The zero-order valence-corrected chi connectivity index (χ0v) is 11.5. The molecule has 0 radical (unpaired) electrons. The third kappa shape index (κ3) is 3.79. The van der Waals surface area contributed by atoms with Gasteiger partial charge in [-0.2, -0.15) is 0 Å². The maximum atomic E-state index is 12.0. The van der Waals surface area contributed by atoms with Crippen molar-refractivity contribution < 1.29 is 14.7 Å². The number of aliphatic carboxylic acids is 1. The first-order valence-corrected chi connectivity index (χ1v) is 7.01. The highest BCUT2D eigenvalue weighted by molar-refractivity contribution is 5.94. The van der Waals surface area contributed by atoms with Gasteiger partial charge in [-0.3, -0.25) is 14.6 Å². The van der Waals surface area contributed by atoms with E-state index in [4.69, 9.17) is 5.11 Å². The molecule has 20 heavy (non-hydrogen) atoms. The molecule has 0 spiro atoms. The molecule has 5 nitrogen and oxygen atoms in total. The molecule has 2 N–H and O–H groups in total. The zero-order chi connectivity index (χ0) is 14.4. The van der Waals surface area contributed by atoms with Crippen LogP contribution in [0.25, 0.3) is 0 Å². The molecule has 5 heteroatoms. The maximum Gasteiger partial charge on any atom is 0.303 e. The number of nitrogens with zero attached hydrogens (tertiary/aromatic N) is 1. The van der Waals surface area contributed by atoms with Gasteiger partial charge in [0.25, 0.3) is 5.91 Å². The minimum absolute atomic E-state index is 0.129. The molecule has 1 fully saturated rings. The molecule has 0 atom stereocenters. The number of amides is 1. The van der Waals surface area contributed by atoms with E-state index in [1.165, 1.54) is 0 Å². The molecule has 0 aliphatic heterocycles. The Kier molecular flexibility index (Phi) is 4.71. The first-order chi connectivity index (χ1) is 9.61. The average molecular weight is 276 g/mol. The summed E-state index contributed by atoms with van der Waals surface area (Å²) in [6.07, 6.45) is 8.25. The van der Waals surface area contributed by atoms with Gasteiger partial charge in [0.05, 0.1) is 6.42 Å². The summed E-state index contributed by atoms with van der Waals surface area (Å²) in [4.78, 5) is 27.0. The van der Waals surface area contributed by atoms with E-state index < -0.39 is 5.97 Å². The number of carboxylic acid groups (broad SMARTS) is 1. The fraction of sp³-hybridized carbons (Fsp3) is 0.533. The molecule has 0 bridgehead atoms. The minimum atomic E-state index is -0.787.